The Morgan fingerprint density at radius 3 is 2.42 bits per heavy atom. The maximum absolute atomic E-state index is 13.2. The van der Waals surface area contributed by atoms with Crippen molar-refractivity contribution >= 4 is 23.2 Å². The maximum atomic E-state index is 13.2. The standard InChI is InChI=1S/C24H26ClN5O/c1-17(2)15-20(24-28-27-22-7-3-4-14-30(22)24)26-23(31)16-21(29-12-5-6-13-29)18-8-10-19(25)11-9-18/h3-14,17,20-21H,15-16H2,1-2H3,(H,26,31)/t20-,21+/m0/s1. The van der Waals surface area contributed by atoms with Crippen LogP contribution in [0.15, 0.2) is 73.2 Å². The lowest BCUT2D eigenvalue weighted by molar-refractivity contribution is -0.122. The molecular formula is C24H26ClN5O. The summed E-state index contributed by atoms with van der Waals surface area (Å²) in [4.78, 5) is 13.2. The van der Waals surface area contributed by atoms with Crippen molar-refractivity contribution < 1.29 is 4.79 Å². The van der Waals surface area contributed by atoms with Gasteiger partial charge in [0.15, 0.2) is 11.5 Å². The molecular weight excluding hydrogens is 410 g/mol. The summed E-state index contributed by atoms with van der Waals surface area (Å²) in [6.45, 7) is 4.28. The highest BCUT2D eigenvalue weighted by Gasteiger charge is 2.24. The third kappa shape index (κ3) is 4.97. The third-order valence-corrected chi connectivity index (χ3v) is 5.57. The maximum Gasteiger partial charge on any atom is 0.223 e. The number of aromatic nitrogens is 4. The van der Waals surface area contributed by atoms with Gasteiger partial charge in [-0.3, -0.25) is 9.20 Å². The summed E-state index contributed by atoms with van der Waals surface area (Å²) in [5.41, 5.74) is 1.80. The lowest BCUT2D eigenvalue weighted by Gasteiger charge is -2.23. The normalized spacial score (nSPS) is 13.4. The summed E-state index contributed by atoms with van der Waals surface area (Å²) >= 11 is 6.07. The van der Waals surface area contributed by atoms with Crippen molar-refractivity contribution in [2.45, 2.75) is 38.8 Å². The molecule has 0 bridgehead atoms. The first kappa shape index (κ1) is 21.1. The Balaban J connectivity index is 1.58. The van der Waals surface area contributed by atoms with Crippen LogP contribution in [0.3, 0.4) is 0 Å². The minimum atomic E-state index is -0.222. The minimum Gasteiger partial charge on any atom is -0.346 e. The minimum absolute atomic E-state index is 0.0352. The van der Waals surface area contributed by atoms with Crippen LogP contribution in [0, 0.1) is 5.92 Å². The zero-order valence-electron chi connectivity index (χ0n) is 17.6. The predicted octanol–water partition coefficient (Wildman–Crippen LogP) is 5.07. The molecule has 6 nitrogen and oxygen atoms in total. The highest BCUT2D eigenvalue weighted by Crippen LogP contribution is 2.26. The van der Waals surface area contributed by atoms with E-state index in [2.05, 4.69) is 29.4 Å². The molecule has 1 N–H and O–H groups in total. The lowest BCUT2D eigenvalue weighted by atomic mass is 10.0. The van der Waals surface area contributed by atoms with E-state index in [0.717, 1.165) is 23.5 Å². The topological polar surface area (TPSA) is 64.2 Å². The molecule has 3 aromatic heterocycles. The number of nitrogens with zero attached hydrogens (tertiary/aromatic N) is 4. The number of halogens is 1. The molecule has 160 valence electrons. The molecule has 0 unspecified atom stereocenters. The molecule has 0 aliphatic heterocycles. The zero-order valence-corrected chi connectivity index (χ0v) is 18.4. The Labute approximate surface area is 186 Å². The average Bonchev–Trinajstić information content (AvgIpc) is 3.42. The second-order valence-electron chi connectivity index (χ2n) is 8.14. The van der Waals surface area contributed by atoms with E-state index in [0.29, 0.717) is 17.4 Å². The number of hydrogen-bond donors (Lipinski definition) is 1. The van der Waals surface area contributed by atoms with Gasteiger partial charge in [0.2, 0.25) is 5.91 Å². The van der Waals surface area contributed by atoms with Gasteiger partial charge in [-0.25, -0.2) is 0 Å². The van der Waals surface area contributed by atoms with E-state index in [1.807, 2.05) is 82.2 Å². The summed E-state index contributed by atoms with van der Waals surface area (Å²) in [5, 5.41) is 12.5. The van der Waals surface area contributed by atoms with Gasteiger partial charge in [0.05, 0.1) is 18.5 Å². The fraction of sp³-hybridized carbons (Fsp3) is 0.292. The zero-order chi connectivity index (χ0) is 21.8. The van der Waals surface area contributed by atoms with Crippen LogP contribution in [-0.4, -0.2) is 25.1 Å². The Morgan fingerprint density at radius 2 is 1.71 bits per heavy atom. The average molecular weight is 436 g/mol. The van der Waals surface area contributed by atoms with Crippen LogP contribution >= 0.6 is 11.6 Å². The molecule has 0 radical (unpaired) electrons. The van der Waals surface area contributed by atoms with Gasteiger partial charge in [0.1, 0.15) is 0 Å². The van der Waals surface area contributed by atoms with Crippen molar-refractivity contribution in [1.29, 1.82) is 0 Å². The van der Waals surface area contributed by atoms with E-state index in [4.69, 9.17) is 11.6 Å². The van der Waals surface area contributed by atoms with Crippen LogP contribution in [0.2, 0.25) is 5.02 Å². The van der Waals surface area contributed by atoms with Crippen LogP contribution in [0.4, 0.5) is 0 Å². The Kier molecular flexibility index (Phi) is 6.37. The van der Waals surface area contributed by atoms with Crippen molar-refractivity contribution in [1.82, 2.24) is 24.5 Å². The molecule has 1 aromatic carbocycles. The molecule has 0 spiro atoms. The SMILES string of the molecule is CC(C)C[C@H](NC(=O)C[C@H](c1ccc(Cl)cc1)n1cccc1)c1nnc2ccccn12. The van der Waals surface area contributed by atoms with Gasteiger partial charge in [-0.05, 0) is 54.3 Å². The number of nitrogens with one attached hydrogen (secondary N) is 1. The number of rotatable bonds is 8. The van der Waals surface area contributed by atoms with Gasteiger partial charge in [-0.1, -0.05) is 43.6 Å². The molecule has 31 heavy (non-hydrogen) atoms. The van der Waals surface area contributed by atoms with Crippen LogP contribution in [0.25, 0.3) is 5.65 Å². The highest BCUT2D eigenvalue weighted by molar-refractivity contribution is 6.30. The number of fused-ring (bicyclic) bond motifs is 1. The second-order valence-corrected chi connectivity index (χ2v) is 8.57. The van der Waals surface area contributed by atoms with Crippen LogP contribution < -0.4 is 5.32 Å². The highest BCUT2D eigenvalue weighted by atomic mass is 35.5. The van der Waals surface area contributed by atoms with E-state index >= 15 is 0 Å². The van der Waals surface area contributed by atoms with Gasteiger partial charge >= 0.3 is 0 Å². The van der Waals surface area contributed by atoms with Crippen molar-refractivity contribution in [2.75, 3.05) is 0 Å². The molecule has 0 aliphatic carbocycles. The number of benzene rings is 1. The van der Waals surface area contributed by atoms with Gasteiger partial charge in [0, 0.05) is 23.6 Å². The Morgan fingerprint density at radius 1 is 1.00 bits per heavy atom. The largest absolute Gasteiger partial charge is 0.346 e. The number of carbonyl (C=O) groups is 1. The van der Waals surface area contributed by atoms with Crippen molar-refractivity contribution in [3.8, 4) is 0 Å². The monoisotopic (exact) mass is 435 g/mol. The van der Waals surface area contributed by atoms with Crippen molar-refractivity contribution in [3.05, 3.63) is 89.6 Å². The number of hydrogen-bond acceptors (Lipinski definition) is 3. The Bertz CT molecular complexity index is 1130. The molecule has 0 saturated carbocycles. The first-order valence-corrected chi connectivity index (χ1v) is 10.9. The molecule has 0 aliphatic rings. The van der Waals surface area contributed by atoms with Crippen LogP contribution in [-0.2, 0) is 4.79 Å². The molecule has 4 rings (SSSR count). The molecule has 0 saturated heterocycles. The molecule has 4 aromatic rings. The molecule has 2 atom stereocenters. The van der Waals surface area contributed by atoms with E-state index in [1.165, 1.54) is 0 Å². The first-order valence-electron chi connectivity index (χ1n) is 10.5. The molecule has 7 heteroatoms. The fourth-order valence-corrected chi connectivity index (χ4v) is 3.99. The predicted molar refractivity (Wildman–Crippen MR) is 122 cm³/mol. The summed E-state index contributed by atoms with van der Waals surface area (Å²) in [6, 6.07) is 17.0. The van der Waals surface area contributed by atoms with E-state index in [1.54, 1.807) is 0 Å². The van der Waals surface area contributed by atoms with E-state index < -0.39 is 0 Å². The van der Waals surface area contributed by atoms with Crippen LogP contribution in [0.1, 0.15) is 50.2 Å². The quantitative estimate of drug-likeness (QED) is 0.420. The first-order chi connectivity index (χ1) is 15.0. The molecule has 1 amide bonds. The van der Waals surface area contributed by atoms with Gasteiger partial charge in [-0.2, -0.15) is 0 Å². The molecule has 3 heterocycles. The Hall–Kier alpha value is -3.12. The van der Waals surface area contributed by atoms with Crippen molar-refractivity contribution in [3.63, 3.8) is 0 Å². The number of carbonyl (C=O) groups excluding carboxylic acids is 1. The molecule has 0 fully saturated rings. The van der Waals surface area contributed by atoms with Gasteiger partial charge < -0.3 is 9.88 Å². The van der Waals surface area contributed by atoms with Gasteiger partial charge in [0.25, 0.3) is 0 Å². The number of amides is 1. The van der Waals surface area contributed by atoms with Gasteiger partial charge in [-0.15, -0.1) is 10.2 Å². The van der Waals surface area contributed by atoms with Crippen molar-refractivity contribution in [2.24, 2.45) is 5.92 Å². The number of pyridine rings is 1. The fourth-order valence-electron chi connectivity index (χ4n) is 3.86. The van der Waals surface area contributed by atoms with Crippen LogP contribution in [0.5, 0.6) is 0 Å². The summed E-state index contributed by atoms with van der Waals surface area (Å²) in [6.07, 6.45) is 6.97. The smallest absolute Gasteiger partial charge is 0.223 e. The summed E-state index contributed by atoms with van der Waals surface area (Å²) < 4.78 is 3.99. The van der Waals surface area contributed by atoms with E-state index in [9.17, 15) is 4.79 Å². The lowest BCUT2D eigenvalue weighted by Crippen LogP contribution is -2.32. The third-order valence-electron chi connectivity index (χ3n) is 5.32. The second kappa shape index (κ2) is 9.35. The summed E-state index contributed by atoms with van der Waals surface area (Å²) in [5.74, 6) is 1.10. The summed E-state index contributed by atoms with van der Waals surface area (Å²) in [7, 11) is 0. The van der Waals surface area contributed by atoms with E-state index in [-0.39, 0.29) is 18.0 Å².